The predicted octanol–water partition coefficient (Wildman–Crippen LogP) is 4.27. The Morgan fingerprint density at radius 2 is 2.16 bits per heavy atom. The van der Waals surface area contributed by atoms with Gasteiger partial charge in [0, 0.05) is 17.1 Å². The summed E-state index contributed by atoms with van der Waals surface area (Å²) in [5.74, 6) is -0.528. The molecule has 1 aliphatic rings. The van der Waals surface area contributed by atoms with Crippen LogP contribution in [-0.4, -0.2) is 34.7 Å². The molecular weight excluding hydrogens is 381 g/mol. The average Bonchev–Trinajstić information content (AvgIpc) is 3.07. The maximum absolute atomic E-state index is 13.8. The lowest BCUT2D eigenvalue weighted by molar-refractivity contribution is -0.142. The molecule has 1 aromatic heterocycles. The maximum Gasteiger partial charge on any atom is 0.413 e. The van der Waals surface area contributed by atoms with Crippen molar-refractivity contribution in [3.8, 4) is 5.75 Å². The smallest absolute Gasteiger partial charge is 0.413 e. The number of aliphatic hydroxyl groups excluding tert-OH is 1. The van der Waals surface area contributed by atoms with Gasteiger partial charge in [-0.3, -0.25) is 4.79 Å². The Balaban J connectivity index is 2.35. The highest BCUT2D eigenvalue weighted by molar-refractivity contribution is 7.13. The van der Waals surface area contributed by atoms with Crippen molar-refractivity contribution >= 4 is 44.8 Å². The number of anilines is 2. The van der Waals surface area contributed by atoms with E-state index >= 15 is 0 Å². The van der Waals surface area contributed by atoms with Gasteiger partial charge in [-0.15, -0.1) is 11.3 Å². The van der Waals surface area contributed by atoms with Crippen molar-refractivity contribution in [2.75, 3.05) is 12.0 Å². The van der Waals surface area contributed by atoms with Crippen LogP contribution in [-0.2, 0) is 4.79 Å². The van der Waals surface area contributed by atoms with Crippen LogP contribution in [0.4, 0.5) is 24.0 Å². The summed E-state index contributed by atoms with van der Waals surface area (Å²) < 4.78 is 46.3. The SMILES string of the molecule is COc1ccc2c(c1)C(O)=C(C(=O)Cl)C(C(F)(F)F)N2c1nccs1. The van der Waals surface area contributed by atoms with E-state index in [1.165, 1.54) is 36.9 Å². The number of fused-ring (bicyclic) bond motifs is 1. The lowest BCUT2D eigenvalue weighted by atomic mass is 9.93. The molecule has 1 unspecified atom stereocenters. The van der Waals surface area contributed by atoms with E-state index in [2.05, 4.69) is 4.98 Å². The van der Waals surface area contributed by atoms with E-state index < -0.39 is 28.8 Å². The van der Waals surface area contributed by atoms with Gasteiger partial charge in [-0.2, -0.15) is 13.2 Å². The number of methoxy groups -OCH3 is 1. The zero-order chi connectivity index (χ0) is 18.4. The van der Waals surface area contributed by atoms with E-state index in [0.717, 1.165) is 16.2 Å². The number of carbonyl (C=O) groups is 1. The molecule has 132 valence electrons. The fourth-order valence-corrected chi connectivity index (χ4v) is 3.52. The molecular formula is C15H10ClF3N2O3S. The highest BCUT2D eigenvalue weighted by Gasteiger charge is 2.53. The molecule has 0 bridgehead atoms. The number of thiazole rings is 1. The minimum absolute atomic E-state index is 0.000880. The van der Waals surface area contributed by atoms with E-state index in [1.54, 1.807) is 0 Å². The monoisotopic (exact) mass is 390 g/mol. The van der Waals surface area contributed by atoms with E-state index in [4.69, 9.17) is 16.3 Å². The summed E-state index contributed by atoms with van der Waals surface area (Å²) in [5, 5.41) is 10.5. The molecule has 0 fully saturated rings. The summed E-state index contributed by atoms with van der Waals surface area (Å²) in [6.07, 6.45) is -3.53. The molecule has 1 aliphatic heterocycles. The number of aliphatic hydroxyl groups is 1. The molecule has 2 aromatic rings. The van der Waals surface area contributed by atoms with Crippen molar-refractivity contribution in [1.82, 2.24) is 4.98 Å². The molecule has 25 heavy (non-hydrogen) atoms. The van der Waals surface area contributed by atoms with Gasteiger partial charge >= 0.3 is 6.18 Å². The van der Waals surface area contributed by atoms with Gasteiger partial charge in [0.2, 0.25) is 0 Å². The number of rotatable bonds is 3. The van der Waals surface area contributed by atoms with Crippen molar-refractivity contribution < 1.29 is 27.8 Å². The quantitative estimate of drug-likeness (QED) is 0.793. The van der Waals surface area contributed by atoms with Crippen molar-refractivity contribution in [1.29, 1.82) is 0 Å². The molecule has 0 aliphatic carbocycles. The summed E-state index contributed by atoms with van der Waals surface area (Å²) in [6.45, 7) is 0. The molecule has 1 atom stereocenters. The summed E-state index contributed by atoms with van der Waals surface area (Å²) >= 11 is 6.35. The number of ether oxygens (including phenoxy) is 1. The molecule has 3 rings (SSSR count). The highest BCUT2D eigenvalue weighted by Crippen LogP contribution is 2.48. The zero-order valence-electron chi connectivity index (χ0n) is 12.5. The molecule has 0 saturated carbocycles. The Kier molecular flexibility index (Phi) is 4.38. The minimum Gasteiger partial charge on any atom is -0.507 e. The van der Waals surface area contributed by atoms with E-state index in [-0.39, 0.29) is 16.4 Å². The first-order valence-electron chi connectivity index (χ1n) is 6.82. The van der Waals surface area contributed by atoms with Crippen LogP contribution >= 0.6 is 22.9 Å². The third kappa shape index (κ3) is 2.93. The first-order valence-corrected chi connectivity index (χ1v) is 8.08. The molecule has 0 amide bonds. The van der Waals surface area contributed by atoms with Gasteiger partial charge in [-0.1, -0.05) is 0 Å². The Morgan fingerprint density at radius 1 is 1.44 bits per heavy atom. The third-order valence-corrected chi connectivity index (χ3v) is 4.63. The standard InChI is InChI=1S/C15H10ClF3N2O3S/c1-24-7-2-3-9-8(6-7)11(22)10(13(16)23)12(15(17,18)19)21(9)14-20-4-5-25-14/h2-6,12,22H,1H3. The van der Waals surface area contributed by atoms with Crippen molar-refractivity contribution in [2.24, 2.45) is 0 Å². The van der Waals surface area contributed by atoms with Crippen LogP contribution < -0.4 is 9.64 Å². The normalized spacial score (nSPS) is 17.5. The number of hydrogen-bond donors (Lipinski definition) is 1. The molecule has 5 nitrogen and oxygen atoms in total. The van der Waals surface area contributed by atoms with Crippen LogP contribution in [0.15, 0.2) is 35.3 Å². The van der Waals surface area contributed by atoms with Crippen molar-refractivity contribution in [2.45, 2.75) is 12.2 Å². The second-order valence-electron chi connectivity index (χ2n) is 5.05. The fourth-order valence-electron chi connectivity index (χ4n) is 2.64. The van der Waals surface area contributed by atoms with Crippen LogP contribution in [0, 0.1) is 0 Å². The van der Waals surface area contributed by atoms with E-state index in [9.17, 15) is 23.1 Å². The molecule has 2 heterocycles. The molecule has 10 heteroatoms. The number of nitrogens with zero attached hydrogens (tertiary/aromatic N) is 2. The van der Waals surface area contributed by atoms with Crippen molar-refractivity contribution in [3.63, 3.8) is 0 Å². The maximum atomic E-state index is 13.8. The fraction of sp³-hybridized carbons (Fsp3) is 0.200. The van der Waals surface area contributed by atoms with E-state index in [1.807, 2.05) is 0 Å². The van der Waals surface area contributed by atoms with Gasteiger partial charge < -0.3 is 14.7 Å². The second kappa shape index (κ2) is 6.23. The van der Waals surface area contributed by atoms with Gasteiger partial charge in [0.15, 0.2) is 11.2 Å². The van der Waals surface area contributed by atoms with Crippen LogP contribution in [0.2, 0.25) is 0 Å². The zero-order valence-corrected chi connectivity index (χ0v) is 14.1. The van der Waals surface area contributed by atoms with Crippen LogP contribution in [0.1, 0.15) is 5.56 Å². The number of halogens is 4. The van der Waals surface area contributed by atoms with Gasteiger partial charge in [-0.25, -0.2) is 4.98 Å². The summed E-state index contributed by atoms with van der Waals surface area (Å²) in [7, 11) is 1.37. The highest BCUT2D eigenvalue weighted by atomic mass is 35.5. The van der Waals surface area contributed by atoms with Gasteiger partial charge in [0.25, 0.3) is 5.24 Å². The molecule has 0 saturated heterocycles. The van der Waals surface area contributed by atoms with Gasteiger partial charge in [0.05, 0.1) is 18.4 Å². The topological polar surface area (TPSA) is 62.7 Å². The Labute approximate surface area is 148 Å². The van der Waals surface area contributed by atoms with Crippen LogP contribution in [0.3, 0.4) is 0 Å². The predicted molar refractivity (Wildman–Crippen MR) is 87.5 cm³/mol. The number of alkyl halides is 3. The summed E-state index contributed by atoms with van der Waals surface area (Å²) in [5.41, 5.74) is -0.915. The first kappa shape index (κ1) is 17.6. The third-order valence-electron chi connectivity index (χ3n) is 3.65. The number of benzene rings is 1. The van der Waals surface area contributed by atoms with Gasteiger partial charge in [0.1, 0.15) is 11.5 Å². The van der Waals surface area contributed by atoms with Crippen LogP contribution in [0.25, 0.3) is 5.76 Å². The second-order valence-corrected chi connectivity index (χ2v) is 6.26. The lowest BCUT2D eigenvalue weighted by Gasteiger charge is -2.38. The molecule has 0 radical (unpaired) electrons. The number of aromatic nitrogens is 1. The lowest BCUT2D eigenvalue weighted by Crippen LogP contribution is -2.48. The minimum atomic E-state index is -4.88. The largest absolute Gasteiger partial charge is 0.507 e. The first-order chi connectivity index (χ1) is 11.8. The van der Waals surface area contributed by atoms with Crippen molar-refractivity contribution in [3.05, 3.63) is 40.9 Å². The van der Waals surface area contributed by atoms with Gasteiger partial charge in [-0.05, 0) is 29.8 Å². The van der Waals surface area contributed by atoms with E-state index in [0.29, 0.717) is 5.75 Å². The Morgan fingerprint density at radius 3 is 2.68 bits per heavy atom. The number of carbonyl (C=O) groups excluding carboxylic acids is 1. The average molecular weight is 391 g/mol. The molecule has 0 spiro atoms. The van der Waals surface area contributed by atoms with Crippen LogP contribution in [0.5, 0.6) is 5.75 Å². The number of hydrogen-bond acceptors (Lipinski definition) is 6. The Bertz CT molecular complexity index is 852. The Hall–Kier alpha value is -2.26. The molecule has 1 N–H and O–H groups in total. The molecule has 1 aromatic carbocycles. The summed E-state index contributed by atoms with van der Waals surface area (Å²) in [6, 6.07) is 1.69. The summed E-state index contributed by atoms with van der Waals surface area (Å²) in [4.78, 5) is 16.5.